The molecule has 5 nitrogen and oxygen atoms in total. The normalized spacial score (nSPS) is 10.6. The maximum atomic E-state index is 14.2. The molecule has 2 aromatic rings. The number of rotatable bonds is 7. The summed E-state index contributed by atoms with van der Waals surface area (Å²) < 4.78 is 47.2. The molecule has 0 radical (unpaired) electrons. The first kappa shape index (κ1) is 19.5. The molecule has 3 N–H and O–H groups in total. The van der Waals surface area contributed by atoms with Crippen molar-refractivity contribution in [2.24, 2.45) is 0 Å². The van der Waals surface area contributed by atoms with Gasteiger partial charge in [-0.15, -0.1) is 0 Å². The van der Waals surface area contributed by atoms with Crippen LogP contribution in [0, 0.1) is 21.0 Å². The lowest BCUT2D eigenvalue weighted by Gasteiger charge is -2.14. The van der Waals surface area contributed by atoms with Crippen molar-refractivity contribution in [1.82, 2.24) is 5.32 Å². The van der Waals surface area contributed by atoms with Crippen LogP contribution in [-0.4, -0.2) is 31.0 Å². The van der Waals surface area contributed by atoms with Crippen molar-refractivity contribution in [1.29, 1.82) is 0 Å². The summed E-state index contributed by atoms with van der Waals surface area (Å²) in [4.78, 5) is 12.1. The number of aliphatic hydroxyl groups is 1. The number of carbonyl (C=O) groups is 1. The van der Waals surface area contributed by atoms with E-state index in [9.17, 15) is 18.0 Å². The largest absolute Gasteiger partial charge is 0.394 e. The number of hydrogen-bond donors (Lipinski definition) is 3. The molecule has 0 unspecified atom stereocenters. The van der Waals surface area contributed by atoms with Gasteiger partial charge in [-0.3, -0.25) is 4.79 Å². The maximum absolute atomic E-state index is 14.2. The highest BCUT2D eigenvalue weighted by atomic mass is 127. The van der Waals surface area contributed by atoms with Gasteiger partial charge in [0.1, 0.15) is 12.5 Å². The monoisotopic (exact) mass is 466 g/mol. The lowest BCUT2D eigenvalue weighted by atomic mass is 10.1. The standard InChI is InChI=1S/C16H14F3IN2O3/c17-11-3-2-10(16(24)21-8-25-6-5-23)15(14(11)19)22-13-4-1-9(20)7-12(13)18/h1-4,7,22-23H,5-6,8H2,(H,21,24). The molecule has 0 bridgehead atoms. The Labute approximate surface area is 155 Å². The molecule has 0 aliphatic rings. The molecule has 0 aliphatic heterocycles. The fourth-order valence-corrected chi connectivity index (χ4v) is 2.39. The molecule has 0 aromatic heterocycles. The quantitative estimate of drug-likeness (QED) is 0.333. The van der Waals surface area contributed by atoms with Gasteiger partial charge in [-0.25, -0.2) is 13.2 Å². The minimum absolute atomic E-state index is 0.0109. The second-order valence-corrected chi connectivity index (χ2v) is 6.06. The summed E-state index contributed by atoms with van der Waals surface area (Å²) in [7, 11) is 0. The Morgan fingerprint density at radius 1 is 1.16 bits per heavy atom. The molecule has 134 valence electrons. The number of nitrogens with one attached hydrogen (secondary N) is 2. The minimum atomic E-state index is -1.30. The first-order chi connectivity index (χ1) is 11.9. The summed E-state index contributed by atoms with van der Waals surface area (Å²) in [6.45, 7) is -0.438. The van der Waals surface area contributed by atoms with Crippen LogP contribution in [-0.2, 0) is 4.74 Å². The highest BCUT2D eigenvalue weighted by molar-refractivity contribution is 14.1. The third-order valence-corrected chi connectivity index (χ3v) is 3.77. The number of halogens is 4. The Bertz CT molecular complexity index is 775. The molecule has 2 rings (SSSR count). The fourth-order valence-electron chi connectivity index (χ4n) is 1.94. The van der Waals surface area contributed by atoms with Crippen LogP contribution in [0.4, 0.5) is 24.5 Å². The second kappa shape index (κ2) is 9.02. The van der Waals surface area contributed by atoms with E-state index >= 15 is 0 Å². The Hall–Kier alpha value is -1.85. The van der Waals surface area contributed by atoms with Crippen LogP contribution >= 0.6 is 22.6 Å². The molecule has 0 saturated carbocycles. The molecule has 9 heteroatoms. The third-order valence-electron chi connectivity index (χ3n) is 3.10. The van der Waals surface area contributed by atoms with Crippen LogP contribution < -0.4 is 10.6 Å². The fraction of sp³-hybridized carbons (Fsp3) is 0.188. The minimum Gasteiger partial charge on any atom is -0.394 e. The average molecular weight is 466 g/mol. The molecule has 0 fully saturated rings. The van der Waals surface area contributed by atoms with E-state index in [-0.39, 0.29) is 31.2 Å². The van der Waals surface area contributed by atoms with E-state index in [1.165, 1.54) is 12.1 Å². The van der Waals surface area contributed by atoms with Gasteiger partial charge in [-0.2, -0.15) is 0 Å². The second-order valence-electron chi connectivity index (χ2n) is 4.82. The molecule has 2 aromatic carbocycles. The summed E-state index contributed by atoms with van der Waals surface area (Å²) >= 11 is 1.91. The van der Waals surface area contributed by atoms with Gasteiger partial charge in [-0.05, 0) is 52.9 Å². The van der Waals surface area contributed by atoms with E-state index < -0.39 is 29.0 Å². The number of ether oxygens (including phenoxy) is 1. The number of carbonyl (C=O) groups excluding carboxylic acids is 1. The van der Waals surface area contributed by atoms with Crippen molar-refractivity contribution in [2.75, 3.05) is 25.3 Å². The van der Waals surface area contributed by atoms with Crippen molar-refractivity contribution in [3.8, 4) is 0 Å². The van der Waals surface area contributed by atoms with Crippen LogP contribution in [0.1, 0.15) is 10.4 Å². The van der Waals surface area contributed by atoms with E-state index in [1.807, 2.05) is 22.6 Å². The van der Waals surface area contributed by atoms with Crippen LogP contribution in [0.3, 0.4) is 0 Å². The maximum Gasteiger partial charge on any atom is 0.255 e. The average Bonchev–Trinajstić information content (AvgIpc) is 2.58. The zero-order chi connectivity index (χ0) is 18.4. The zero-order valence-corrected chi connectivity index (χ0v) is 14.9. The lowest BCUT2D eigenvalue weighted by Crippen LogP contribution is -2.27. The molecule has 0 saturated heterocycles. The van der Waals surface area contributed by atoms with E-state index in [0.29, 0.717) is 3.57 Å². The number of aliphatic hydroxyl groups excluding tert-OH is 1. The first-order valence-electron chi connectivity index (χ1n) is 7.11. The molecule has 0 aliphatic carbocycles. The predicted octanol–water partition coefficient (Wildman–Crippen LogP) is 3.15. The summed E-state index contributed by atoms with van der Waals surface area (Å²) in [6, 6.07) is 6.02. The zero-order valence-electron chi connectivity index (χ0n) is 12.8. The Kier molecular flexibility index (Phi) is 7.02. The van der Waals surface area contributed by atoms with E-state index in [2.05, 4.69) is 10.6 Å². The molecule has 1 amide bonds. The van der Waals surface area contributed by atoms with Crippen LogP contribution in [0.15, 0.2) is 30.3 Å². The molecule has 25 heavy (non-hydrogen) atoms. The number of benzene rings is 2. The summed E-state index contributed by atoms with van der Waals surface area (Å²) in [5.74, 6) is -3.90. The summed E-state index contributed by atoms with van der Waals surface area (Å²) in [5.41, 5.74) is -0.806. The van der Waals surface area contributed by atoms with Gasteiger partial charge in [0.25, 0.3) is 5.91 Å². The number of hydrogen-bond acceptors (Lipinski definition) is 4. The summed E-state index contributed by atoms with van der Waals surface area (Å²) in [5, 5.41) is 13.4. The number of amides is 1. The Morgan fingerprint density at radius 2 is 1.92 bits per heavy atom. The summed E-state index contributed by atoms with van der Waals surface area (Å²) in [6.07, 6.45) is 0. The van der Waals surface area contributed by atoms with Gasteiger partial charge in [0.15, 0.2) is 11.6 Å². The molecule has 0 heterocycles. The van der Waals surface area contributed by atoms with Gasteiger partial charge in [-0.1, -0.05) is 0 Å². The predicted molar refractivity (Wildman–Crippen MR) is 94.1 cm³/mol. The Morgan fingerprint density at radius 3 is 2.60 bits per heavy atom. The van der Waals surface area contributed by atoms with Crippen molar-refractivity contribution in [2.45, 2.75) is 0 Å². The highest BCUT2D eigenvalue weighted by Gasteiger charge is 2.20. The van der Waals surface area contributed by atoms with E-state index in [1.54, 1.807) is 6.07 Å². The van der Waals surface area contributed by atoms with Crippen LogP contribution in [0.5, 0.6) is 0 Å². The molecular weight excluding hydrogens is 452 g/mol. The first-order valence-corrected chi connectivity index (χ1v) is 8.18. The molecule has 0 atom stereocenters. The van der Waals surface area contributed by atoms with Gasteiger partial charge < -0.3 is 20.5 Å². The van der Waals surface area contributed by atoms with Crippen molar-refractivity contribution < 1.29 is 27.8 Å². The highest BCUT2D eigenvalue weighted by Crippen LogP contribution is 2.28. The van der Waals surface area contributed by atoms with Crippen LogP contribution in [0.25, 0.3) is 0 Å². The molecular formula is C16H14F3IN2O3. The van der Waals surface area contributed by atoms with Gasteiger partial charge >= 0.3 is 0 Å². The van der Waals surface area contributed by atoms with Crippen molar-refractivity contribution >= 4 is 39.9 Å². The third kappa shape index (κ3) is 5.06. The molecule has 0 spiro atoms. The van der Waals surface area contributed by atoms with Crippen molar-refractivity contribution in [3.63, 3.8) is 0 Å². The van der Waals surface area contributed by atoms with Gasteiger partial charge in [0.2, 0.25) is 0 Å². The van der Waals surface area contributed by atoms with E-state index in [0.717, 1.165) is 12.1 Å². The van der Waals surface area contributed by atoms with Crippen LogP contribution in [0.2, 0.25) is 0 Å². The van der Waals surface area contributed by atoms with Gasteiger partial charge in [0.05, 0.1) is 30.2 Å². The van der Waals surface area contributed by atoms with Gasteiger partial charge in [0, 0.05) is 3.57 Å². The number of anilines is 2. The smallest absolute Gasteiger partial charge is 0.255 e. The SMILES string of the molecule is O=C(NCOCCO)c1ccc(F)c(F)c1Nc1ccc(I)cc1F. The van der Waals surface area contributed by atoms with E-state index in [4.69, 9.17) is 9.84 Å². The Balaban J connectivity index is 2.29. The lowest BCUT2D eigenvalue weighted by molar-refractivity contribution is 0.0664. The topological polar surface area (TPSA) is 70.6 Å². The van der Waals surface area contributed by atoms with Crippen molar-refractivity contribution in [3.05, 3.63) is 56.9 Å².